The maximum Gasteiger partial charge on any atom is 0.291 e. The van der Waals surface area contributed by atoms with Gasteiger partial charge in [-0.05, 0) is 31.2 Å². The van der Waals surface area contributed by atoms with Gasteiger partial charge in [0.05, 0.1) is 33.6 Å². The zero-order valence-electron chi connectivity index (χ0n) is 16.0. The van der Waals surface area contributed by atoms with Crippen LogP contribution in [0.1, 0.15) is 40.5 Å². The zero-order valence-corrected chi connectivity index (χ0v) is 17.5. The molecule has 1 aliphatic rings. The highest BCUT2D eigenvalue weighted by Gasteiger charge is 2.31. The SMILES string of the molecule is C[C@@H]1N=C(c2c(F)cccc2F)c2c(ccc(Cl)c2Cl)-n2nc(C(=O)NCCO)nc21. The van der Waals surface area contributed by atoms with Gasteiger partial charge in [0.25, 0.3) is 5.91 Å². The third-order valence-electron chi connectivity index (χ3n) is 4.67. The van der Waals surface area contributed by atoms with Crippen molar-refractivity contribution >= 4 is 34.8 Å². The Bertz CT molecular complexity index is 1210. The van der Waals surface area contributed by atoms with Gasteiger partial charge in [0, 0.05) is 12.1 Å². The highest BCUT2D eigenvalue weighted by Crippen LogP contribution is 2.37. The average Bonchev–Trinajstić information content (AvgIpc) is 3.14. The molecule has 0 aliphatic carbocycles. The summed E-state index contributed by atoms with van der Waals surface area (Å²) < 4.78 is 30.7. The lowest BCUT2D eigenvalue weighted by atomic mass is 9.99. The van der Waals surface area contributed by atoms with Crippen LogP contribution in [-0.2, 0) is 0 Å². The number of carbonyl (C=O) groups is 1. The van der Waals surface area contributed by atoms with Crippen LogP contribution in [0.15, 0.2) is 35.3 Å². The molecule has 160 valence electrons. The van der Waals surface area contributed by atoms with E-state index in [-0.39, 0.29) is 51.7 Å². The fourth-order valence-electron chi connectivity index (χ4n) is 3.29. The Kier molecular flexibility index (Phi) is 5.74. The summed E-state index contributed by atoms with van der Waals surface area (Å²) in [5, 5.41) is 15.8. The van der Waals surface area contributed by atoms with Crippen LogP contribution in [0.2, 0.25) is 10.0 Å². The highest BCUT2D eigenvalue weighted by atomic mass is 35.5. The second-order valence-corrected chi connectivity index (χ2v) is 7.48. The van der Waals surface area contributed by atoms with Crippen molar-refractivity contribution in [2.75, 3.05) is 13.2 Å². The Hall–Kier alpha value is -2.88. The number of nitrogens with zero attached hydrogens (tertiary/aromatic N) is 4. The highest BCUT2D eigenvalue weighted by molar-refractivity contribution is 6.45. The molecule has 1 atom stereocenters. The minimum absolute atomic E-state index is 0.0300. The molecule has 31 heavy (non-hydrogen) atoms. The number of aliphatic hydroxyl groups is 1. The van der Waals surface area contributed by atoms with Crippen LogP contribution in [0.4, 0.5) is 8.78 Å². The minimum atomic E-state index is -0.815. The molecule has 0 saturated carbocycles. The maximum absolute atomic E-state index is 14.7. The van der Waals surface area contributed by atoms with Gasteiger partial charge < -0.3 is 10.4 Å². The fraction of sp³-hybridized carbons (Fsp3) is 0.200. The van der Waals surface area contributed by atoms with Crippen LogP contribution in [0.5, 0.6) is 0 Å². The van der Waals surface area contributed by atoms with Gasteiger partial charge in [-0.25, -0.2) is 18.4 Å². The number of benzene rings is 2. The number of aliphatic hydroxyl groups excluding tert-OH is 1. The molecule has 2 aromatic carbocycles. The molecule has 0 unspecified atom stereocenters. The average molecular weight is 466 g/mol. The summed E-state index contributed by atoms with van der Waals surface area (Å²) in [5.74, 6) is -2.11. The second kappa shape index (κ2) is 8.33. The van der Waals surface area contributed by atoms with Crippen LogP contribution in [0, 0.1) is 11.6 Å². The number of fused-ring (bicyclic) bond motifs is 3. The third kappa shape index (κ3) is 3.69. The number of carbonyl (C=O) groups excluding carboxylic acids is 1. The number of nitrogens with one attached hydrogen (secondary N) is 1. The van der Waals surface area contributed by atoms with Crippen LogP contribution >= 0.6 is 23.2 Å². The number of aliphatic imine (C=N–C) groups is 1. The Morgan fingerprint density at radius 1 is 1.19 bits per heavy atom. The molecule has 2 N–H and O–H groups in total. The predicted octanol–water partition coefficient (Wildman–Crippen LogP) is 3.49. The van der Waals surface area contributed by atoms with Gasteiger partial charge in [-0.15, -0.1) is 5.10 Å². The first kappa shape index (κ1) is 21.4. The molecule has 0 radical (unpaired) electrons. The number of hydrogen-bond acceptors (Lipinski definition) is 5. The maximum atomic E-state index is 14.7. The van der Waals surface area contributed by atoms with Gasteiger partial charge in [-0.1, -0.05) is 29.3 Å². The zero-order chi connectivity index (χ0) is 22.3. The second-order valence-electron chi connectivity index (χ2n) is 6.69. The summed E-state index contributed by atoms with van der Waals surface area (Å²) in [4.78, 5) is 21.0. The van der Waals surface area contributed by atoms with E-state index in [0.717, 1.165) is 12.1 Å². The van der Waals surface area contributed by atoms with E-state index in [1.54, 1.807) is 13.0 Å². The van der Waals surface area contributed by atoms with Gasteiger partial charge in [0.1, 0.15) is 17.7 Å². The van der Waals surface area contributed by atoms with E-state index in [2.05, 4.69) is 20.4 Å². The molecular weight excluding hydrogens is 451 g/mol. The Morgan fingerprint density at radius 3 is 2.58 bits per heavy atom. The van der Waals surface area contributed by atoms with Crippen molar-refractivity contribution in [3.8, 4) is 5.69 Å². The largest absolute Gasteiger partial charge is 0.395 e. The summed E-state index contributed by atoms with van der Waals surface area (Å²) >= 11 is 12.7. The molecule has 7 nitrogen and oxygen atoms in total. The monoisotopic (exact) mass is 465 g/mol. The van der Waals surface area contributed by atoms with E-state index >= 15 is 0 Å². The molecule has 0 bridgehead atoms. The van der Waals surface area contributed by atoms with E-state index in [1.807, 2.05) is 0 Å². The topological polar surface area (TPSA) is 92.4 Å². The van der Waals surface area contributed by atoms with Crippen LogP contribution in [0.25, 0.3) is 5.69 Å². The molecule has 11 heteroatoms. The quantitative estimate of drug-likeness (QED) is 0.616. The summed E-state index contributed by atoms with van der Waals surface area (Å²) in [6.45, 7) is 1.44. The van der Waals surface area contributed by atoms with Gasteiger partial charge in [0.15, 0.2) is 5.82 Å². The third-order valence-corrected chi connectivity index (χ3v) is 5.47. The van der Waals surface area contributed by atoms with E-state index in [1.165, 1.54) is 16.8 Å². The van der Waals surface area contributed by atoms with Crippen molar-refractivity contribution < 1.29 is 18.7 Å². The Morgan fingerprint density at radius 2 is 1.90 bits per heavy atom. The standard InChI is InChI=1S/C20H15Cl2F2N5O2/c1-9-19-27-18(20(31)25-7-8-30)28-29(19)13-6-5-10(21)16(22)15(13)17(26-9)14-11(23)3-2-4-12(14)24/h2-6,9,30H,7-8H2,1H3,(H,25,31)/t9-/m0/s1. The van der Waals surface area contributed by atoms with Crippen molar-refractivity contribution in [2.24, 2.45) is 4.99 Å². The van der Waals surface area contributed by atoms with E-state index < -0.39 is 23.6 Å². The number of halogens is 4. The van der Waals surface area contributed by atoms with Gasteiger partial charge in [-0.2, -0.15) is 0 Å². The molecular formula is C20H15Cl2F2N5O2. The van der Waals surface area contributed by atoms with E-state index in [0.29, 0.717) is 5.69 Å². The van der Waals surface area contributed by atoms with E-state index in [9.17, 15) is 13.6 Å². The molecule has 0 fully saturated rings. The van der Waals surface area contributed by atoms with Crippen LogP contribution < -0.4 is 5.32 Å². The first-order chi connectivity index (χ1) is 14.8. The number of aromatic nitrogens is 3. The van der Waals surface area contributed by atoms with Crippen molar-refractivity contribution in [1.29, 1.82) is 0 Å². The lowest BCUT2D eigenvalue weighted by Gasteiger charge is -2.14. The lowest BCUT2D eigenvalue weighted by molar-refractivity contribution is 0.0934. The molecule has 1 aromatic heterocycles. The van der Waals surface area contributed by atoms with Crippen LogP contribution in [0.3, 0.4) is 0 Å². The predicted molar refractivity (Wildman–Crippen MR) is 111 cm³/mol. The van der Waals surface area contributed by atoms with Gasteiger partial charge in [-0.3, -0.25) is 9.79 Å². The fourth-order valence-corrected chi connectivity index (χ4v) is 3.70. The number of hydrogen-bond donors (Lipinski definition) is 2. The molecule has 2 heterocycles. The molecule has 1 amide bonds. The normalized spacial score (nSPS) is 15.0. The van der Waals surface area contributed by atoms with Crippen molar-refractivity contribution in [2.45, 2.75) is 13.0 Å². The molecule has 0 spiro atoms. The van der Waals surface area contributed by atoms with Gasteiger partial charge >= 0.3 is 0 Å². The van der Waals surface area contributed by atoms with Crippen molar-refractivity contribution in [3.05, 3.63) is 74.8 Å². The minimum Gasteiger partial charge on any atom is -0.395 e. The van der Waals surface area contributed by atoms with Crippen LogP contribution in [-0.4, -0.2) is 44.6 Å². The lowest BCUT2D eigenvalue weighted by Crippen LogP contribution is -2.27. The smallest absolute Gasteiger partial charge is 0.291 e. The Balaban J connectivity index is 1.98. The first-order valence-electron chi connectivity index (χ1n) is 9.20. The summed E-state index contributed by atoms with van der Waals surface area (Å²) in [5.41, 5.74) is 0.0791. The molecule has 0 saturated heterocycles. The molecule has 1 aliphatic heterocycles. The number of amides is 1. The van der Waals surface area contributed by atoms with Crippen molar-refractivity contribution in [3.63, 3.8) is 0 Å². The molecule has 4 rings (SSSR count). The summed E-state index contributed by atoms with van der Waals surface area (Å²) in [6.07, 6.45) is 0. The molecule has 3 aromatic rings. The Labute approximate surface area is 185 Å². The summed E-state index contributed by atoms with van der Waals surface area (Å²) in [7, 11) is 0. The summed E-state index contributed by atoms with van der Waals surface area (Å²) in [6, 6.07) is 5.82. The number of rotatable bonds is 4. The first-order valence-corrected chi connectivity index (χ1v) is 9.96. The van der Waals surface area contributed by atoms with E-state index in [4.69, 9.17) is 28.3 Å². The van der Waals surface area contributed by atoms with Gasteiger partial charge in [0.2, 0.25) is 5.82 Å². The van der Waals surface area contributed by atoms with Crippen molar-refractivity contribution in [1.82, 2.24) is 20.1 Å².